The van der Waals surface area contributed by atoms with Gasteiger partial charge in [-0.2, -0.15) is 5.10 Å². The fraction of sp³-hybridized carbons (Fsp3) is 0.412. The number of benzene rings is 1. The standard InChI is InChI=1S/C17H21N3O4/c1-17(2,16(23)24)10-11-18-15(22)13-8-9-14(21)20(19-13)12-6-4-3-5-7-12/h3-7H,8-11H2,1-2H3,(H,18,22)(H,23,24). The smallest absolute Gasteiger partial charge is 0.309 e. The van der Waals surface area contributed by atoms with Gasteiger partial charge in [0.1, 0.15) is 5.71 Å². The number of nitrogens with one attached hydrogen (secondary N) is 1. The highest BCUT2D eigenvalue weighted by Gasteiger charge is 2.28. The second kappa shape index (κ2) is 7.25. The maximum Gasteiger partial charge on any atom is 0.309 e. The summed E-state index contributed by atoms with van der Waals surface area (Å²) in [6.07, 6.45) is 0.792. The van der Waals surface area contributed by atoms with Gasteiger partial charge in [0.2, 0.25) is 5.91 Å². The zero-order chi connectivity index (χ0) is 17.7. The predicted octanol–water partition coefficient (Wildman–Crippen LogP) is 1.79. The van der Waals surface area contributed by atoms with Crippen molar-refractivity contribution in [1.29, 1.82) is 0 Å². The summed E-state index contributed by atoms with van der Waals surface area (Å²) < 4.78 is 0. The molecule has 7 nitrogen and oxygen atoms in total. The molecule has 2 N–H and O–H groups in total. The van der Waals surface area contributed by atoms with Crippen LogP contribution < -0.4 is 10.3 Å². The molecule has 0 atom stereocenters. The van der Waals surface area contributed by atoms with Crippen LogP contribution in [0.3, 0.4) is 0 Å². The highest BCUT2D eigenvalue weighted by molar-refractivity contribution is 6.40. The van der Waals surface area contributed by atoms with Crippen LogP contribution in [0, 0.1) is 5.41 Å². The maximum absolute atomic E-state index is 12.2. The molecule has 0 unspecified atom stereocenters. The second-order valence-electron chi connectivity index (χ2n) is 6.28. The van der Waals surface area contributed by atoms with Crippen molar-refractivity contribution < 1.29 is 19.5 Å². The molecule has 1 heterocycles. The number of carboxylic acid groups (broad SMARTS) is 1. The molecule has 7 heteroatoms. The fourth-order valence-electron chi connectivity index (χ4n) is 2.19. The topological polar surface area (TPSA) is 99.1 Å². The predicted molar refractivity (Wildman–Crippen MR) is 89.6 cm³/mol. The molecule has 0 saturated carbocycles. The van der Waals surface area contributed by atoms with Crippen molar-refractivity contribution in [2.24, 2.45) is 10.5 Å². The normalized spacial score (nSPS) is 15.0. The second-order valence-corrected chi connectivity index (χ2v) is 6.28. The van der Waals surface area contributed by atoms with E-state index in [2.05, 4.69) is 10.4 Å². The van der Waals surface area contributed by atoms with Crippen LogP contribution in [0.2, 0.25) is 0 Å². The summed E-state index contributed by atoms with van der Waals surface area (Å²) >= 11 is 0. The van der Waals surface area contributed by atoms with Crippen LogP contribution in [0.4, 0.5) is 5.69 Å². The quantitative estimate of drug-likeness (QED) is 0.830. The van der Waals surface area contributed by atoms with E-state index >= 15 is 0 Å². The monoisotopic (exact) mass is 331 g/mol. The third-order valence-electron chi connectivity index (χ3n) is 3.91. The summed E-state index contributed by atoms with van der Waals surface area (Å²) in [6.45, 7) is 3.45. The molecule has 24 heavy (non-hydrogen) atoms. The van der Waals surface area contributed by atoms with Gasteiger partial charge in [0.05, 0.1) is 11.1 Å². The van der Waals surface area contributed by atoms with Crippen molar-refractivity contribution in [3.63, 3.8) is 0 Å². The SMILES string of the molecule is CC(C)(CCNC(=O)C1=NN(c2ccccc2)C(=O)CC1)C(=O)O. The largest absolute Gasteiger partial charge is 0.481 e. The molecule has 2 amide bonds. The lowest BCUT2D eigenvalue weighted by Crippen LogP contribution is -2.40. The lowest BCUT2D eigenvalue weighted by molar-refractivity contribution is -0.147. The molecular formula is C17H21N3O4. The van der Waals surface area contributed by atoms with Gasteiger partial charge in [0.15, 0.2) is 0 Å². The van der Waals surface area contributed by atoms with E-state index in [1.165, 1.54) is 5.01 Å². The number of rotatable bonds is 6. The molecule has 0 aromatic heterocycles. The molecule has 1 aliphatic rings. The molecule has 128 valence electrons. The number of anilines is 1. The molecule has 0 radical (unpaired) electrons. The van der Waals surface area contributed by atoms with Gasteiger partial charge in [-0.05, 0) is 32.4 Å². The summed E-state index contributed by atoms with van der Waals surface area (Å²) in [5, 5.41) is 17.1. The molecule has 0 bridgehead atoms. The summed E-state index contributed by atoms with van der Waals surface area (Å²) in [7, 11) is 0. The number of nitrogens with zero attached hydrogens (tertiary/aromatic N) is 2. The van der Waals surface area contributed by atoms with Crippen molar-refractivity contribution in [1.82, 2.24) is 5.32 Å². The van der Waals surface area contributed by atoms with Crippen molar-refractivity contribution in [3.8, 4) is 0 Å². The van der Waals surface area contributed by atoms with Gasteiger partial charge < -0.3 is 10.4 Å². The number of carbonyl (C=O) groups is 3. The Kier molecular flexibility index (Phi) is 5.33. The fourth-order valence-corrected chi connectivity index (χ4v) is 2.19. The third-order valence-corrected chi connectivity index (χ3v) is 3.91. The van der Waals surface area contributed by atoms with Crippen LogP contribution in [0.15, 0.2) is 35.4 Å². The van der Waals surface area contributed by atoms with Crippen molar-refractivity contribution >= 4 is 29.2 Å². The number of aliphatic carboxylic acids is 1. The Morgan fingerprint density at radius 2 is 1.92 bits per heavy atom. The van der Waals surface area contributed by atoms with Crippen LogP contribution in [0.1, 0.15) is 33.1 Å². The van der Waals surface area contributed by atoms with Gasteiger partial charge in [0, 0.05) is 19.4 Å². The Balaban J connectivity index is 2.01. The molecule has 2 rings (SSSR count). The third kappa shape index (κ3) is 4.18. The number of carboxylic acids is 1. The van der Waals surface area contributed by atoms with E-state index in [0.717, 1.165) is 0 Å². The van der Waals surface area contributed by atoms with E-state index in [0.29, 0.717) is 12.1 Å². The number of para-hydroxylation sites is 1. The number of hydrogen-bond acceptors (Lipinski definition) is 4. The molecule has 1 aliphatic heterocycles. The highest BCUT2D eigenvalue weighted by atomic mass is 16.4. The Bertz CT molecular complexity index is 668. The van der Waals surface area contributed by atoms with E-state index in [1.807, 2.05) is 6.07 Å². The molecular weight excluding hydrogens is 310 g/mol. The van der Waals surface area contributed by atoms with E-state index in [4.69, 9.17) is 5.11 Å². The summed E-state index contributed by atoms with van der Waals surface area (Å²) in [4.78, 5) is 35.3. The van der Waals surface area contributed by atoms with Crippen LogP contribution in [0.5, 0.6) is 0 Å². The molecule has 0 fully saturated rings. The van der Waals surface area contributed by atoms with Crippen LogP contribution in [-0.2, 0) is 14.4 Å². The van der Waals surface area contributed by atoms with Crippen molar-refractivity contribution in [2.45, 2.75) is 33.1 Å². The molecule has 1 aromatic carbocycles. The van der Waals surface area contributed by atoms with Gasteiger partial charge in [-0.3, -0.25) is 14.4 Å². The number of hydrazone groups is 1. The number of hydrogen-bond donors (Lipinski definition) is 2. The minimum absolute atomic E-state index is 0.162. The Morgan fingerprint density at radius 3 is 2.54 bits per heavy atom. The van der Waals surface area contributed by atoms with E-state index in [9.17, 15) is 14.4 Å². The first-order chi connectivity index (χ1) is 11.3. The van der Waals surface area contributed by atoms with E-state index < -0.39 is 11.4 Å². The van der Waals surface area contributed by atoms with Crippen molar-refractivity contribution in [2.75, 3.05) is 11.6 Å². The average Bonchev–Trinajstić information content (AvgIpc) is 2.55. The lowest BCUT2D eigenvalue weighted by atomic mass is 9.90. The minimum atomic E-state index is -0.910. The van der Waals surface area contributed by atoms with Crippen molar-refractivity contribution in [3.05, 3.63) is 30.3 Å². The zero-order valence-corrected chi connectivity index (χ0v) is 13.8. The minimum Gasteiger partial charge on any atom is -0.481 e. The Labute approximate surface area is 140 Å². The van der Waals surface area contributed by atoms with Gasteiger partial charge >= 0.3 is 5.97 Å². The van der Waals surface area contributed by atoms with Gasteiger partial charge in [0.25, 0.3) is 5.91 Å². The Morgan fingerprint density at radius 1 is 1.25 bits per heavy atom. The zero-order valence-electron chi connectivity index (χ0n) is 13.8. The summed E-state index contributed by atoms with van der Waals surface area (Å²) in [5.74, 6) is -1.44. The average molecular weight is 331 g/mol. The van der Waals surface area contributed by atoms with E-state index in [1.54, 1.807) is 38.1 Å². The Hall–Kier alpha value is -2.70. The number of amides is 2. The van der Waals surface area contributed by atoms with Gasteiger partial charge in [-0.15, -0.1) is 0 Å². The summed E-state index contributed by atoms with van der Waals surface area (Å²) in [5.41, 5.74) is -0.0284. The van der Waals surface area contributed by atoms with Gasteiger partial charge in [-0.25, -0.2) is 5.01 Å². The van der Waals surface area contributed by atoms with Gasteiger partial charge in [-0.1, -0.05) is 18.2 Å². The molecule has 0 aliphatic carbocycles. The lowest BCUT2D eigenvalue weighted by Gasteiger charge is -2.23. The first-order valence-electron chi connectivity index (χ1n) is 7.78. The van der Waals surface area contributed by atoms with Crippen LogP contribution in [-0.4, -0.2) is 35.1 Å². The first-order valence-corrected chi connectivity index (χ1v) is 7.78. The first kappa shape index (κ1) is 17.7. The summed E-state index contributed by atoms with van der Waals surface area (Å²) in [6, 6.07) is 8.91. The number of carbonyl (C=O) groups excluding carboxylic acids is 2. The molecule has 1 aromatic rings. The molecule has 0 spiro atoms. The maximum atomic E-state index is 12.2. The van der Waals surface area contributed by atoms with E-state index in [-0.39, 0.29) is 36.9 Å². The highest BCUT2D eigenvalue weighted by Crippen LogP contribution is 2.21. The van der Waals surface area contributed by atoms with Crippen LogP contribution in [0.25, 0.3) is 0 Å². The van der Waals surface area contributed by atoms with Crippen LogP contribution >= 0.6 is 0 Å². The molecule has 0 saturated heterocycles.